The van der Waals surface area contributed by atoms with E-state index in [-0.39, 0.29) is 11.7 Å². The van der Waals surface area contributed by atoms with Crippen molar-refractivity contribution in [1.82, 2.24) is 10.0 Å². The number of rotatable bonds is 10. The van der Waals surface area contributed by atoms with Crippen molar-refractivity contribution < 1.29 is 17.9 Å². The van der Waals surface area contributed by atoms with Gasteiger partial charge in [0.15, 0.2) is 0 Å². The van der Waals surface area contributed by atoms with E-state index in [2.05, 4.69) is 17.0 Å². The molecule has 0 aliphatic rings. The number of ether oxygens (including phenoxy) is 1. The molecule has 2 aromatic rings. The third-order valence-corrected chi connectivity index (χ3v) is 5.36. The zero-order chi connectivity index (χ0) is 19.7. The fourth-order valence-corrected chi connectivity index (χ4v) is 3.14. The van der Waals surface area contributed by atoms with Gasteiger partial charge in [-0.25, -0.2) is 13.1 Å². The third-order valence-electron chi connectivity index (χ3n) is 4.03. The van der Waals surface area contributed by atoms with Crippen LogP contribution in [0.3, 0.4) is 0 Å². The highest BCUT2D eigenvalue weighted by Crippen LogP contribution is 2.13. The van der Waals surface area contributed by atoms with Crippen LogP contribution in [0, 0.1) is 0 Å². The maximum Gasteiger partial charge on any atom is 0.251 e. The van der Waals surface area contributed by atoms with E-state index in [1.54, 1.807) is 36.4 Å². The summed E-state index contributed by atoms with van der Waals surface area (Å²) in [6, 6.07) is 14.2. The molecule has 0 fully saturated rings. The molecule has 146 valence electrons. The second-order valence-electron chi connectivity index (χ2n) is 6.19. The lowest BCUT2D eigenvalue weighted by Crippen LogP contribution is -2.23. The molecule has 0 saturated carbocycles. The Bertz CT molecular complexity index is 831. The summed E-state index contributed by atoms with van der Waals surface area (Å²) in [5.41, 5.74) is 2.15. The van der Waals surface area contributed by atoms with Crippen LogP contribution < -0.4 is 14.8 Å². The standard InChI is InChI=1S/C20H26N2O4S/c1-3-4-13-26-19-11-9-18(10-12-19)20(23)22-14-16-5-7-17(8-6-16)15-27(24,25)21-2/h5-12,21H,3-4,13-15H2,1-2H3,(H,22,23). The Hall–Kier alpha value is -2.38. The zero-order valence-corrected chi connectivity index (χ0v) is 16.5. The molecule has 2 rings (SSSR count). The predicted octanol–water partition coefficient (Wildman–Crippen LogP) is 2.84. The number of hydrogen-bond donors (Lipinski definition) is 2. The Balaban J connectivity index is 1.86. The van der Waals surface area contributed by atoms with E-state index in [0.29, 0.717) is 24.3 Å². The lowest BCUT2D eigenvalue weighted by Gasteiger charge is -2.08. The fourth-order valence-electron chi connectivity index (χ4n) is 2.37. The molecule has 1 amide bonds. The first-order chi connectivity index (χ1) is 12.9. The quantitative estimate of drug-likeness (QED) is 0.611. The van der Waals surface area contributed by atoms with Crippen LogP contribution in [-0.4, -0.2) is 28.0 Å². The van der Waals surface area contributed by atoms with E-state index in [1.807, 2.05) is 12.1 Å². The highest BCUT2D eigenvalue weighted by molar-refractivity contribution is 7.88. The van der Waals surface area contributed by atoms with Crippen LogP contribution in [0.5, 0.6) is 5.75 Å². The number of sulfonamides is 1. The molecule has 27 heavy (non-hydrogen) atoms. The van der Waals surface area contributed by atoms with Crippen LogP contribution in [0.25, 0.3) is 0 Å². The van der Waals surface area contributed by atoms with Gasteiger partial charge >= 0.3 is 0 Å². The number of benzene rings is 2. The fraction of sp³-hybridized carbons (Fsp3) is 0.350. The van der Waals surface area contributed by atoms with Crippen molar-refractivity contribution in [3.63, 3.8) is 0 Å². The van der Waals surface area contributed by atoms with Gasteiger partial charge in [-0.1, -0.05) is 37.6 Å². The molecule has 2 N–H and O–H groups in total. The summed E-state index contributed by atoms with van der Waals surface area (Å²) in [5, 5.41) is 2.86. The van der Waals surface area contributed by atoms with Crippen LogP contribution in [0.15, 0.2) is 48.5 Å². The normalized spacial score (nSPS) is 11.2. The number of hydrogen-bond acceptors (Lipinski definition) is 4. The second-order valence-corrected chi connectivity index (χ2v) is 8.12. The lowest BCUT2D eigenvalue weighted by molar-refractivity contribution is 0.0951. The summed E-state index contributed by atoms with van der Waals surface area (Å²) in [5.74, 6) is 0.520. The summed E-state index contributed by atoms with van der Waals surface area (Å²) in [4.78, 5) is 12.2. The van der Waals surface area contributed by atoms with Crippen molar-refractivity contribution in [3.8, 4) is 5.75 Å². The number of carbonyl (C=O) groups excluding carboxylic acids is 1. The third kappa shape index (κ3) is 7.03. The predicted molar refractivity (Wildman–Crippen MR) is 106 cm³/mol. The van der Waals surface area contributed by atoms with Gasteiger partial charge in [-0.2, -0.15) is 0 Å². The summed E-state index contributed by atoms with van der Waals surface area (Å²) in [7, 11) is -1.90. The molecule has 0 spiro atoms. The van der Waals surface area contributed by atoms with Crippen molar-refractivity contribution in [3.05, 3.63) is 65.2 Å². The van der Waals surface area contributed by atoms with Crippen molar-refractivity contribution in [2.24, 2.45) is 0 Å². The van der Waals surface area contributed by atoms with E-state index in [1.165, 1.54) is 7.05 Å². The van der Waals surface area contributed by atoms with Crippen molar-refractivity contribution in [1.29, 1.82) is 0 Å². The topological polar surface area (TPSA) is 84.5 Å². The maximum absolute atomic E-state index is 12.2. The van der Waals surface area contributed by atoms with E-state index < -0.39 is 10.0 Å². The van der Waals surface area contributed by atoms with E-state index in [4.69, 9.17) is 4.74 Å². The molecule has 2 aromatic carbocycles. The van der Waals surface area contributed by atoms with Crippen LogP contribution in [-0.2, 0) is 22.3 Å². The zero-order valence-electron chi connectivity index (χ0n) is 15.7. The first-order valence-corrected chi connectivity index (χ1v) is 10.6. The van der Waals surface area contributed by atoms with E-state index >= 15 is 0 Å². The summed E-state index contributed by atoms with van der Waals surface area (Å²) >= 11 is 0. The molecule has 0 heterocycles. The highest BCUT2D eigenvalue weighted by Gasteiger charge is 2.09. The van der Waals surface area contributed by atoms with Crippen LogP contribution >= 0.6 is 0 Å². The van der Waals surface area contributed by atoms with Crippen molar-refractivity contribution >= 4 is 15.9 Å². The Morgan fingerprint density at radius 3 is 2.22 bits per heavy atom. The molecule has 0 radical (unpaired) electrons. The van der Waals surface area contributed by atoms with Gasteiger partial charge in [0.1, 0.15) is 5.75 Å². The van der Waals surface area contributed by atoms with Gasteiger partial charge in [-0.15, -0.1) is 0 Å². The SMILES string of the molecule is CCCCOc1ccc(C(=O)NCc2ccc(CS(=O)(=O)NC)cc2)cc1. The van der Waals surface area contributed by atoms with Gasteiger partial charge in [-0.3, -0.25) is 4.79 Å². The van der Waals surface area contributed by atoms with Crippen molar-refractivity contribution in [2.75, 3.05) is 13.7 Å². The number of unbranched alkanes of at least 4 members (excludes halogenated alkanes) is 1. The minimum Gasteiger partial charge on any atom is -0.494 e. The summed E-state index contributed by atoms with van der Waals surface area (Å²) in [6.07, 6.45) is 2.08. The molecule has 0 aliphatic carbocycles. The van der Waals surface area contributed by atoms with Gasteiger partial charge < -0.3 is 10.1 Å². The van der Waals surface area contributed by atoms with Crippen LogP contribution in [0.4, 0.5) is 0 Å². The molecular formula is C20H26N2O4S. The second kappa shape index (κ2) is 10.1. The molecule has 0 saturated heterocycles. The Kier molecular flexibility index (Phi) is 7.82. The van der Waals surface area contributed by atoms with Gasteiger partial charge in [0, 0.05) is 12.1 Å². The average Bonchev–Trinajstić information content (AvgIpc) is 2.68. The Morgan fingerprint density at radius 1 is 1.00 bits per heavy atom. The van der Waals surface area contributed by atoms with Crippen LogP contribution in [0.2, 0.25) is 0 Å². The number of nitrogens with one attached hydrogen (secondary N) is 2. The molecule has 0 bridgehead atoms. The smallest absolute Gasteiger partial charge is 0.251 e. The van der Waals surface area contributed by atoms with E-state index in [9.17, 15) is 13.2 Å². The highest BCUT2D eigenvalue weighted by atomic mass is 32.2. The summed E-state index contributed by atoms with van der Waals surface area (Å²) in [6.45, 7) is 3.15. The average molecular weight is 391 g/mol. The summed E-state index contributed by atoms with van der Waals surface area (Å²) < 4.78 is 31.0. The monoisotopic (exact) mass is 390 g/mol. The first kappa shape index (κ1) is 20.9. The molecule has 7 heteroatoms. The molecule has 6 nitrogen and oxygen atoms in total. The van der Waals surface area contributed by atoms with Gasteiger partial charge in [0.25, 0.3) is 5.91 Å². The van der Waals surface area contributed by atoms with Gasteiger partial charge in [0.05, 0.1) is 12.4 Å². The number of amides is 1. The number of carbonyl (C=O) groups is 1. The largest absolute Gasteiger partial charge is 0.494 e. The minimum absolute atomic E-state index is 0.0667. The van der Waals surface area contributed by atoms with Crippen LogP contribution in [0.1, 0.15) is 41.3 Å². The first-order valence-electron chi connectivity index (χ1n) is 8.93. The Morgan fingerprint density at radius 2 is 1.63 bits per heavy atom. The lowest BCUT2D eigenvalue weighted by atomic mass is 10.1. The van der Waals surface area contributed by atoms with E-state index in [0.717, 1.165) is 24.2 Å². The Labute approximate surface area is 161 Å². The molecular weight excluding hydrogens is 364 g/mol. The van der Waals surface area contributed by atoms with Gasteiger partial charge in [-0.05, 0) is 48.9 Å². The molecule has 0 aliphatic heterocycles. The van der Waals surface area contributed by atoms with Gasteiger partial charge in [0.2, 0.25) is 10.0 Å². The molecule has 0 atom stereocenters. The molecule has 0 unspecified atom stereocenters. The minimum atomic E-state index is -3.29. The maximum atomic E-state index is 12.2. The van der Waals surface area contributed by atoms with Crippen molar-refractivity contribution in [2.45, 2.75) is 32.1 Å². The molecule has 0 aromatic heterocycles.